The third-order valence-corrected chi connectivity index (χ3v) is 25.9. The van der Waals surface area contributed by atoms with Crippen LogP contribution in [0.5, 0.6) is 0 Å². The summed E-state index contributed by atoms with van der Waals surface area (Å²) in [7, 11) is 0. The van der Waals surface area contributed by atoms with E-state index < -0.39 is 0 Å². The van der Waals surface area contributed by atoms with Gasteiger partial charge < -0.3 is 36.5 Å². The first-order valence-corrected chi connectivity index (χ1v) is 45.4. The maximum absolute atomic E-state index is 4.84. The fraction of sp³-hybridized carbons (Fsp3) is 0. The van der Waals surface area contributed by atoms with Gasteiger partial charge in [-0.1, -0.05) is 224 Å². The number of benzene rings is 14. The average Bonchev–Trinajstić information content (AvgIpc) is 1.58. The lowest BCUT2D eigenvalue weighted by atomic mass is 10.1. The minimum Gasteiger partial charge on any atom is -0.316 e. The second-order valence-electron chi connectivity index (χ2n) is 33.6. The number of para-hydroxylation sites is 8. The summed E-state index contributed by atoms with van der Waals surface area (Å²) in [5, 5.41) is 14.9. The molecule has 0 amide bonds. The Hall–Kier alpha value is -18.8. The fourth-order valence-electron chi connectivity index (χ4n) is 19.8. The molecule has 28 rings (SSSR count). The lowest BCUT2D eigenvalue weighted by molar-refractivity contribution is 1.02. The van der Waals surface area contributed by atoms with Crippen molar-refractivity contribution < 1.29 is 0 Å². The van der Waals surface area contributed by atoms with Crippen molar-refractivity contribution in [2.75, 3.05) is 0 Å². The van der Waals surface area contributed by atoms with E-state index in [1.54, 1.807) is 24.8 Å². The monoisotopic (exact) mass is 1740 g/mol. The number of fused-ring (bicyclic) bond motifs is 20. The molecule has 0 aliphatic carbocycles. The van der Waals surface area contributed by atoms with E-state index >= 15 is 0 Å². The van der Waals surface area contributed by atoms with Gasteiger partial charge in [0.05, 0.1) is 90.0 Å². The Morgan fingerprint density at radius 2 is 0.544 bits per heavy atom. The van der Waals surface area contributed by atoms with Crippen LogP contribution >= 0.6 is 0 Å². The molecule has 0 saturated carbocycles. The summed E-state index contributed by atoms with van der Waals surface area (Å²) in [6, 6.07) is 142. The first kappa shape index (κ1) is 79.4. The van der Waals surface area contributed by atoms with E-state index in [1.165, 1.54) is 120 Å². The Labute approximate surface area is 780 Å². The fourth-order valence-corrected chi connectivity index (χ4v) is 19.8. The zero-order valence-electron chi connectivity index (χ0n) is 73.3. The van der Waals surface area contributed by atoms with Crippen LogP contribution in [0.1, 0.15) is 0 Å². The van der Waals surface area contributed by atoms with E-state index in [-0.39, 0.29) is 0 Å². The average molecular weight is 1750 g/mol. The molecule has 136 heavy (non-hydrogen) atoms. The molecule has 14 heterocycles. The van der Waals surface area contributed by atoms with Crippen molar-refractivity contribution in [1.82, 2.24) is 76.4 Å². The van der Waals surface area contributed by atoms with Gasteiger partial charge in [-0.2, -0.15) is 0 Å². The summed E-state index contributed by atoms with van der Waals surface area (Å²) in [5.74, 6) is 3.10. The lowest BCUT2D eigenvalue weighted by Gasteiger charge is -2.10. The predicted octanol–water partition coefficient (Wildman–Crippen LogP) is 28.7. The van der Waals surface area contributed by atoms with Crippen LogP contribution in [0.25, 0.3) is 222 Å². The van der Waals surface area contributed by atoms with Crippen LogP contribution in [0.2, 0.25) is 0 Å². The van der Waals surface area contributed by atoms with E-state index in [0.717, 1.165) is 96.0 Å². The molecule has 0 unspecified atom stereocenters. The number of nitrogens with zero attached hydrogens (tertiary/aromatic N) is 16. The summed E-state index contributed by atoms with van der Waals surface area (Å²) in [5.41, 5.74) is 27.2. The second kappa shape index (κ2) is 33.9. The SMILES string of the molecule is c1ccc(-c2ncc(-n3ccc4c3ccc3c5ccccc5n(-c5ccccc5)c34)cn2)cc1.c1ccc(-n2c3ccccc3c3ccc4c(ccn4-c4cc(-c5cccnc5)ccn4)c32)cc1.c1ccc(-n2c3ccccc3c3ccc4c(ccn4-c4ccc(-c5ccccn5)cc4)c32)cc1.c1ccc(-n2c3ccccc3c3ccc4c(ccn4-c4ccnc(-c5cccnc5)n4)c32)cc1. The first-order valence-electron chi connectivity index (χ1n) is 45.4. The van der Waals surface area contributed by atoms with Gasteiger partial charge in [0.15, 0.2) is 11.6 Å². The van der Waals surface area contributed by atoms with Crippen LogP contribution < -0.4 is 0 Å². The van der Waals surface area contributed by atoms with E-state index in [4.69, 9.17) is 9.97 Å². The summed E-state index contributed by atoms with van der Waals surface area (Å²) >= 11 is 0. The van der Waals surface area contributed by atoms with Gasteiger partial charge in [0.25, 0.3) is 0 Å². The van der Waals surface area contributed by atoms with Crippen molar-refractivity contribution in [2.24, 2.45) is 0 Å². The molecule has 0 spiro atoms. The van der Waals surface area contributed by atoms with Crippen molar-refractivity contribution in [3.8, 4) is 90.9 Å². The standard InChI is InChI=1S/C31H21N3.2C30H20N4.C29H19N5/c1-2-8-24(9-3-1)34-30-12-5-4-10-25(30)26-17-18-29-27(31(26)34)19-21-33(29)23-15-13-22(14-16-23)28-11-6-7-20-32-28;1-3-9-21(10-4-1)30-31-19-23(20-32-30)33-18-17-26-27(33)16-15-25-24-13-7-8-14-28(24)34(29(25)26)22-11-5-2-6-12-22;1-2-8-23(9-3-1)34-28-11-5-4-10-24(28)25-12-13-27-26(30(25)34)15-18-33(27)29-19-21(14-17-32-29)22-7-6-16-31-20-22;1-2-8-21(9-3-1)34-26-11-5-4-10-22(26)23-12-13-25-24(28(23)34)15-18-33(25)27-14-17-31-29(32-27)20-7-6-16-30-19-20/h1-21H;2*1-20H;1-19H. The molecule has 16 heteroatoms. The molecule has 14 aromatic carbocycles. The Morgan fingerprint density at radius 1 is 0.169 bits per heavy atom. The number of hydrogen-bond acceptors (Lipinski definition) is 8. The largest absolute Gasteiger partial charge is 0.316 e. The summed E-state index contributed by atoms with van der Waals surface area (Å²) in [4.78, 5) is 36.2. The molecule has 640 valence electrons. The molecule has 0 radical (unpaired) electrons. The van der Waals surface area contributed by atoms with Crippen LogP contribution in [0.4, 0.5) is 0 Å². The van der Waals surface area contributed by atoms with E-state index in [0.29, 0.717) is 5.82 Å². The molecule has 14 aromatic heterocycles. The number of aromatic nitrogens is 16. The number of hydrogen-bond donors (Lipinski definition) is 0. The molecular formula is C120H80N16. The normalized spacial score (nSPS) is 11.5. The Kier molecular flexibility index (Phi) is 19.8. The molecule has 0 N–H and O–H groups in total. The van der Waals surface area contributed by atoms with E-state index in [2.05, 4.69) is 419 Å². The molecule has 0 aliphatic rings. The molecule has 0 atom stereocenters. The molecule has 0 bridgehead atoms. The molecule has 0 fully saturated rings. The summed E-state index contributed by atoms with van der Waals surface area (Å²) in [6.45, 7) is 0. The van der Waals surface area contributed by atoms with Crippen molar-refractivity contribution >= 4 is 131 Å². The molecule has 0 saturated heterocycles. The Morgan fingerprint density at radius 3 is 0.971 bits per heavy atom. The Balaban J connectivity index is 0.0000000965. The van der Waals surface area contributed by atoms with Gasteiger partial charge in [-0.15, -0.1) is 0 Å². The lowest BCUT2D eigenvalue weighted by Crippen LogP contribution is -1.99. The van der Waals surface area contributed by atoms with Gasteiger partial charge in [0.2, 0.25) is 0 Å². The van der Waals surface area contributed by atoms with Crippen molar-refractivity contribution in [1.29, 1.82) is 0 Å². The summed E-state index contributed by atoms with van der Waals surface area (Å²) < 4.78 is 18.2. The van der Waals surface area contributed by atoms with Crippen LogP contribution in [0, 0.1) is 0 Å². The van der Waals surface area contributed by atoms with Crippen molar-refractivity contribution in [3.05, 3.63) is 487 Å². The van der Waals surface area contributed by atoms with E-state index in [1.807, 2.05) is 110 Å². The van der Waals surface area contributed by atoms with Gasteiger partial charge in [-0.25, -0.2) is 24.9 Å². The third-order valence-electron chi connectivity index (χ3n) is 25.9. The number of rotatable bonds is 12. The number of pyridine rings is 4. The van der Waals surface area contributed by atoms with E-state index in [9.17, 15) is 0 Å². The minimum atomic E-state index is 0.659. The van der Waals surface area contributed by atoms with Gasteiger partial charge in [-0.3, -0.25) is 15.0 Å². The maximum atomic E-state index is 4.84. The summed E-state index contributed by atoms with van der Waals surface area (Å²) in [6.07, 6.45) is 25.0. The highest BCUT2D eigenvalue weighted by Gasteiger charge is 2.24. The van der Waals surface area contributed by atoms with Crippen LogP contribution in [0.3, 0.4) is 0 Å². The van der Waals surface area contributed by atoms with Gasteiger partial charge >= 0.3 is 0 Å². The highest BCUT2D eigenvalue weighted by Crippen LogP contribution is 2.44. The van der Waals surface area contributed by atoms with Crippen LogP contribution in [0.15, 0.2) is 487 Å². The highest BCUT2D eigenvalue weighted by molar-refractivity contribution is 6.22. The molecule has 16 nitrogen and oxygen atoms in total. The van der Waals surface area contributed by atoms with Crippen molar-refractivity contribution in [2.45, 2.75) is 0 Å². The second-order valence-corrected chi connectivity index (χ2v) is 33.6. The first-order chi connectivity index (χ1) is 67.5. The van der Waals surface area contributed by atoms with Crippen LogP contribution in [-0.2, 0) is 0 Å². The maximum Gasteiger partial charge on any atom is 0.163 e. The van der Waals surface area contributed by atoms with Crippen LogP contribution in [-0.4, -0.2) is 76.4 Å². The predicted molar refractivity (Wildman–Crippen MR) is 555 cm³/mol. The zero-order valence-corrected chi connectivity index (χ0v) is 73.3. The van der Waals surface area contributed by atoms with Gasteiger partial charge in [-0.05, 0) is 188 Å². The molecule has 28 aromatic rings. The highest BCUT2D eigenvalue weighted by atomic mass is 15.1. The van der Waals surface area contributed by atoms with Gasteiger partial charge in [0.1, 0.15) is 11.6 Å². The molecular weight excluding hydrogens is 1670 g/mol. The topological polar surface area (TPSA) is 143 Å². The smallest absolute Gasteiger partial charge is 0.163 e. The quantitative estimate of drug-likeness (QED) is 0.118. The Bertz CT molecular complexity index is 8770. The van der Waals surface area contributed by atoms with Crippen molar-refractivity contribution in [3.63, 3.8) is 0 Å². The van der Waals surface area contributed by atoms with Gasteiger partial charge in [0, 0.05) is 183 Å². The third kappa shape index (κ3) is 13.9. The minimum absolute atomic E-state index is 0.659. The molecule has 0 aliphatic heterocycles. The zero-order chi connectivity index (χ0) is 89.9.